The van der Waals surface area contributed by atoms with Gasteiger partial charge >= 0.3 is 0 Å². The van der Waals surface area contributed by atoms with Gasteiger partial charge in [0.2, 0.25) is 17.6 Å². The molecule has 0 aliphatic carbocycles. The summed E-state index contributed by atoms with van der Waals surface area (Å²) in [6, 6.07) is 10.5. The smallest absolute Gasteiger partial charge is 0.227 e. The minimum absolute atomic E-state index is 0.0589. The lowest BCUT2D eigenvalue weighted by Gasteiger charge is -2.41. The highest BCUT2D eigenvalue weighted by atomic mass is 16.5. The highest BCUT2D eigenvalue weighted by molar-refractivity contribution is 5.98. The minimum Gasteiger partial charge on any atom is -0.497 e. The van der Waals surface area contributed by atoms with Crippen LogP contribution in [-0.4, -0.2) is 46.8 Å². The lowest BCUT2D eigenvalue weighted by atomic mass is 9.83. The Hall–Kier alpha value is -3.42. The van der Waals surface area contributed by atoms with Crippen LogP contribution < -0.4 is 29.2 Å². The lowest BCUT2D eigenvalue weighted by molar-refractivity contribution is -0.129. The Morgan fingerprint density at radius 1 is 1.00 bits per heavy atom. The fourth-order valence-electron chi connectivity index (χ4n) is 4.48. The summed E-state index contributed by atoms with van der Waals surface area (Å²) >= 11 is 0. The standard InChI is InChI=1S/C27H36N2O6/c1-17(2)13-14-28-27(31)21-11-12-24(30)29(25(21)18-7-9-20(32-3)10-8-18)19-15-22(33-4)26(35-6)23(16-19)34-5/h7-10,15-17,21,25H,11-14H2,1-6H3,(H,28,31)/t21-,25-/m0/s1. The van der Waals surface area contributed by atoms with Crippen molar-refractivity contribution in [3.8, 4) is 23.0 Å². The van der Waals surface area contributed by atoms with Crippen molar-refractivity contribution < 1.29 is 28.5 Å². The molecule has 35 heavy (non-hydrogen) atoms. The first-order chi connectivity index (χ1) is 16.8. The van der Waals surface area contributed by atoms with Gasteiger partial charge in [-0.15, -0.1) is 0 Å². The van der Waals surface area contributed by atoms with Gasteiger partial charge in [0.25, 0.3) is 0 Å². The largest absolute Gasteiger partial charge is 0.497 e. The van der Waals surface area contributed by atoms with Gasteiger partial charge in [0, 0.05) is 25.1 Å². The number of ether oxygens (including phenoxy) is 4. The van der Waals surface area contributed by atoms with Crippen molar-refractivity contribution in [1.82, 2.24) is 5.32 Å². The summed E-state index contributed by atoms with van der Waals surface area (Å²) in [6.07, 6.45) is 1.61. The summed E-state index contributed by atoms with van der Waals surface area (Å²) in [5, 5.41) is 3.09. The molecule has 0 aromatic heterocycles. The van der Waals surface area contributed by atoms with Crippen molar-refractivity contribution in [3.63, 3.8) is 0 Å². The topological polar surface area (TPSA) is 86.3 Å². The Morgan fingerprint density at radius 2 is 1.63 bits per heavy atom. The van der Waals surface area contributed by atoms with Gasteiger partial charge in [-0.3, -0.25) is 9.59 Å². The van der Waals surface area contributed by atoms with Gasteiger partial charge < -0.3 is 29.2 Å². The van der Waals surface area contributed by atoms with E-state index in [2.05, 4.69) is 19.2 Å². The second-order valence-electron chi connectivity index (χ2n) is 8.98. The number of anilines is 1. The maximum Gasteiger partial charge on any atom is 0.227 e. The molecule has 0 saturated carbocycles. The SMILES string of the molecule is COc1ccc([C@H]2[C@@H](C(=O)NCCC(C)C)CCC(=O)N2c2cc(OC)c(OC)c(OC)c2)cc1. The summed E-state index contributed by atoms with van der Waals surface area (Å²) in [5.41, 5.74) is 1.42. The van der Waals surface area contributed by atoms with E-state index in [4.69, 9.17) is 18.9 Å². The van der Waals surface area contributed by atoms with Crippen LogP contribution in [0.2, 0.25) is 0 Å². The van der Waals surface area contributed by atoms with Crippen LogP contribution in [0.15, 0.2) is 36.4 Å². The zero-order valence-electron chi connectivity index (χ0n) is 21.4. The maximum atomic E-state index is 13.4. The molecule has 2 amide bonds. The molecule has 0 radical (unpaired) electrons. The Bertz CT molecular complexity index is 996. The van der Waals surface area contributed by atoms with Gasteiger partial charge in [-0.05, 0) is 36.5 Å². The van der Waals surface area contributed by atoms with E-state index in [-0.39, 0.29) is 18.2 Å². The van der Waals surface area contributed by atoms with Gasteiger partial charge in [-0.2, -0.15) is 0 Å². The predicted molar refractivity (Wildman–Crippen MR) is 135 cm³/mol. The summed E-state index contributed by atoms with van der Waals surface area (Å²) < 4.78 is 21.8. The Balaban J connectivity index is 2.09. The molecule has 8 heteroatoms. The second-order valence-corrected chi connectivity index (χ2v) is 8.98. The Morgan fingerprint density at radius 3 is 2.14 bits per heavy atom. The van der Waals surface area contributed by atoms with Crippen LogP contribution >= 0.6 is 0 Å². The minimum atomic E-state index is -0.510. The molecule has 1 aliphatic heterocycles. The number of nitrogens with zero attached hydrogens (tertiary/aromatic N) is 1. The Labute approximate surface area is 207 Å². The van der Waals surface area contributed by atoms with E-state index in [9.17, 15) is 9.59 Å². The zero-order chi connectivity index (χ0) is 25.5. The van der Waals surface area contributed by atoms with E-state index in [1.807, 2.05) is 24.3 Å². The number of piperidine rings is 1. The molecule has 8 nitrogen and oxygen atoms in total. The van der Waals surface area contributed by atoms with Crippen LogP contribution in [0.5, 0.6) is 23.0 Å². The third kappa shape index (κ3) is 5.81. The third-order valence-corrected chi connectivity index (χ3v) is 6.34. The van der Waals surface area contributed by atoms with Crippen LogP contribution in [0, 0.1) is 11.8 Å². The summed E-state index contributed by atoms with van der Waals surface area (Å²) in [7, 11) is 6.20. The summed E-state index contributed by atoms with van der Waals surface area (Å²) in [4.78, 5) is 28.4. The average molecular weight is 485 g/mol. The number of methoxy groups -OCH3 is 4. The van der Waals surface area contributed by atoms with Gasteiger partial charge in [-0.25, -0.2) is 0 Å². The maximum absolute atomic E-state index is 13.4. The quantitative estimate of drug-likeness (QED) is 0.539. The highest BCUT2D eigenvalue weighted by Gasteiger charge is 2.42. The van der Waals surface area contributed by atoms with Crippen LogP contribution in [0.4, 0.5) is 5.69 Å². The fraction of sp³-hybridized carbons (Fsp3) is 0.481. The number of carbonyl (C=O) groups is 2. The first-order valence-corrected chi connectivity index (χ1v) is 11.9. The molecule has 0 spiro atoms. The molecule has 1 fully saturated rings. The van der Waals surface area contributed by atoms with Crippen LogP contribution in [0.3, 0.4) is 0 Å². The number of carbonyl (C=O) groups excluding carboxylic acids is 2. The molecule has 3 rings (SSSR count). The van der Waals surface area contributed by atoms with Crippen molar-refractivity contribution in [2.45, 2.75) is 39.2 Å². The number of hydrogen-bond acceptors (Lipinski definition) is 6. The van der Waals surface area contributed by atoms with Gasteiger partial charge in [0.15, 0.2) is 11.5 Å². The van der Waals surface area contributed by atoms with Crippen molar-refractivity contribution >= 4 is 17.5 Å². The van der Waals surface area contributed by atoms with E-state index in [1.165, 1.54) is 21.3 Å². The van der Waals surface area contributed by atoms with E-state index in [1.54, 1.807) is 24.1 Å². The van der Waals surface area contributed by atoms with E-state index < -0.39 is 12.0 Å². The average Bonchev–Trinajstić information content (AvgIpc) is 2.87. The summed E-state index contributed by atoms with van der Waals surface area (Å²) in [5.74, 6) is 1.94. The monoisotopic (exact) mass is 484 g/mol. The predicted octanol–water partition coefficient (Wildman–Crippen LogP) is 4.37. The van der Waals surface area contributed by atoms with Crippen molar-refractivity contribution in [2.75, 3.05) is 39.9 Å². The number of amides is 2. The van der Waals surface area contributed by atoms with Crippen LogP contribution in [0.25, 0.3) is 0 Å². The van der Waals surface area contributed by atoms with Crippen LogP contribution in [-0.2, 0) is 9.59 Å². The molecule has 190 valence electrons. The van der Waals surface area contributed by atoms with E-state index >= 15 is 0 Å². The third-order valence-electron chi connectivity index (χ3n) is 6.34. The van der Waals surface area contributed by atoms with Gasteiger partial charge in [-0.1, -0.05) is 26.0 Å². The number of benzene rings is 2. The zero-order valence-corrected chi connectivity index (χ0v) is 21.4. The van der Waals surface area contributed by atoms with Crippen molar-refractivity contribution in [1.29, 1.82) is 0 Å². The molecule has 1 saturated heterocycles. The van der Waals surface area contributed by atoms with Gasteiger partial charge in [0.1, 0.15) is 5.75 Å². The van der Waals surface area contributed by atoms with Crippen LogP contribution in [0.1, 0.15) is 44.7 Å². The molecular formula is C27H36N2O6. The normalized spacial score (nSPS) is 17.8. The summed E-state index contributed by atoms with van der Waals surface area (Å²) in [6.45, 7) is 4.84. The first kappa shape index (κ1) is 26.2. The second kappa shape index (κ2) is 11.8. The number of hydrogen-bond donors (Lipinski definition) is 1. The van der Waals surface area contributed by atoms with E-state index in [0.717, 1.165) is 12.0 Å². The first-order valence-electron chi connectivity index (χ1n) is 11.9. The lowest BCUT2D eigenvalue weighted by Crippen LogP contribution is -2.48. The molecule has 0 bridgehead atoms. The molecular weight excluding hydrogens is 448 g/mol. The molecule has 1 heterocycles. The fourth-order valence-corrected chi connectivity index (χ4v) is 4.48. The molecule has 1 aliphatic rings. The molecule has 1 N–H and O–H groups in total. The Kier molecular flexibility index (Phi) is 8.84. The molecule has 2 atom stereocenters. The van der Waals surface area contributed by atoms with Crippen molar-refractivity contribution in [2.24, 2.45) is 11.8 Å². The van der Waals surface area contributed by atoms with E-state index in [0.29, 0.717) is 47.6 Å². The molecule has 2 aromatic rings. The molecule has 2 aromatic carbocycles. The number of rotatable bonds is 10. The highest BCUT2D eigenvalue weighted by Crippen LogP contribution is 2.46. The molecule has 0 unspecified atom stereocenters. The van der Waals surface area contributed by atoms with Gasteiger partial charge in [0.05, 0.1) is 46.1 Å². The number of nitrogens with one attached hydrogen (secondary N) is 1. The van der Waals surface area contributed by atoms with Crippen molar-refractivity contribution in [3.05, 3.63) is 42.0 Å².